The van der Waals surface area contributed by atoms with Gasteiger partial charge in [-0.05, 0) is 18.9 Å². The summed E-state index contributed by atoms with van der Waals surface area (Å²) in [6.07, 6.45) is 20.7. The van der Waals surface area contributed by atoms with Gasteiger partial charge < -0.3 is 25.5 Å². The zero-order valence-electron chi connectivity index (χ0n) is 25.5. The first-order valence-electron chi connectivity index (χ1n) is 15.8. The molecule has 0 aromatic rings. The van der Waals surface area contributed by atoms with Crippen LogP contribution in [0.5, 0.6) is 0 Å². The largest absolute Gasteiger partial charge is 0.481 e. The summed E-state index contributed by atoms with van der Waals surface area (Å²) in [5, 5.41) is 29.9. The molecule has 0 aromatic heterocycles. The minimum absolute atomic E-state index is 0.00175. The fraction of sp³-hybridized carbons (Fsp3) is 0.806. The Bertz CT molecular complexity index is 731. The van der Waals surface area contributed by atoms with E-state index >= 15 is 0 Å². The summed E-state index contributed by atoms with van der Waals surface area (Å²) in [7, 11) is 0. The Morgan fingerprint density at radius 3 is 1.63 bits per heavy atom. The lowest BCUT2D eigenvalue weighted by molar-refractivity contribution is -0.139. The minimum atomic E-state index is -0.982. The van der Waals surface area contributed by atoms with Crippen molar-refractivity contribution < 1.29 is 34.5 Å². The monoisotopic (exact) mass is 583 g/mol. The van der Waals surface area contributed by atoms with Crippen LogP contribution in [0, 0.1) is 0 Å². The van der Waals surface area contributed by atoms with E-state index in [4.69, 9.17) is 15.3 Å². The number of carboxylic acid groups (broad SMARTS) is 3. The van der Waals surface area contributed by atoms with E-state index in [1.807, 2.05) is 11.0 Å². The van der Waals surface area contributed by atoms with E-state index in [9.17, 15) is 19.2 Å². The summed E-state index contributed by atoms with van der Waals surface area (Å²) in [5.41, 5.74) is 0. The van der Waals surface area contributed by atoms with Gasteiger partial charge in [0.2, 0.25) is 5.91 Å². The van der Waals surface area contributed by atoms with Crippen LogP contribution in [-0.2, 0) is 19.2 Å². The van der Waals surface area contributed by atoms with Crippen LogP contribution in [0.4, 0.5) is 0 Å². The molecule has 0 radical (unpaired) electrons. The summed E-state index contributed by atoms with van der Waals surface area (Å²) in [4.78, 5) is 49.0. The topological polar surface area (TPSA) is 147 Å². The van der Waals surface area contributed by atoms with E-state index in [1.165, 1.54) is 81.6 Å². The highest BCUT2D eigenvalue weighted by Gasteiger charge is 2.15. The number of hydrogen-bond acceptors (Lipinski definition) is 6. The second kappa shape index (κ2) is 27.7. The van der Waals surface area contributed by atoms with E-state index in [0.717, 1.165) is 19.3 Å². The van der Waals surface area contributed by atoms with Gasteiger partial charge in [0.25, 0.3) is 0 Å². The number of rotatable bonds is 30. The number of unbranched alkanes of at least 4 members (excludes halogenated alkanes) is 13. The van der Waals surface area contributed by atoms with Crippen LogP contribution in [0.3, 0.4) is 0 Å². The van der Waals surface area contributed by atoms with Crippen molar-refractivity contribution in [2.45, 2.75) is 116 Å². The van der Waals surface area contributed by atoms with Crippen LogP contribution < -0.4 is 5.32 Å². The number of nitrogens with one attached hydrogen (secondary N) is 1. The maximum atomic E-state index is 12.8. The quantitative estimate of drug-likeness (QED) is 0.0664. The van der Waals surface area contributed by atoms with E-state index in [1.54, 1.807) is 0 Å². The molecule has 0 fully saturated rings. The third-order valence-corrected chi connectivity index (χ3v) is 7.09. The van der Waals surface area contributed by atoms with Gasteiger partial charge in [-0.25, -0.2) is 0 Å². The van der Waals surface area contributed by atoms with Crippen molar-refractivity contribution in [3.05, 3.63) is 12.2 Å². The van der Waals surface area contributed by atoms with Crippen LogP contribution in [0.2, 0.25) is 0 Å². The van der Waals surface area contributed by atoms with Crippen molar-refractivity contribution in [1.29, 1.82) is 0 Å². The SMILES string of the molecule is CCCCCCCCCCCCCCCC=CC(=O)N(CCC(=O)O)CCN(CCNCCC(=O)O)CCC(=O)O. The Kier molecular flexibility index (Phi) is 26.0. The van der Waals surface area contributed by atoms with Crippen molar-refractivity contribution in [3.63, 3.8) is 0 Å². The molecule has 0 saturated heterocycles. The highest BCUT2D eigenvalue weighted by atomic mass is 16.4. The van der Waals surface area contributed by atoms with Crippen LogP contribution in [-0.4, -0.2) is 94.7 Å². The molecule has 4 N–H and O–H groups in total. The third-order valence-electron chi connectivity index (χ3n) is 7.09. The van der Waals surface area contributed by atoms with Crippen LogP contribution >= 0.6 is 0 Å². The molecule has 1 amide bonds. The van der Waals surface area contributed by atoms with Gasteiger partial charge in [-0.1, -0.05) is 90.0 Å². The molecule has 238 valence electrons. The van der Waals surface area contributed by atoms with Gasteiger partial charge >= 0.3 is 17.9 Å². The smallest absolute Gasteiger partial charge is 0.305 e. The van der Waals surface area contributed by atoms with E-state index < -0.39 is 17.9 Å². The van der Waals surface area contributed by atoms with Gasteiger partial charge in [0.05, 0.1) is 19.3 Å². The number of hydrogen-bond donors (Lipinski definition) is 4. The minimum Gasteiger partial charge on any atom is -0.481 e. The molecule has 10 heteroatoms. The first kappa shape index (κ1) is 38.5. The summed E-state index contributed by atoms with van der Waals surface area (Å²) < 4.78 is 0. The number of amides is 1. The maximum absolute atomic E-state index is 12.8. The predicted molar refractivity (Wildman–Crippen MR) is 162 cm³/mol. The normalized spacial score (nSPS) is 11.4. The van der Waals surface area contributed by atoms with Crippen molar-refractivity contribution in [1.82, 2.24) is 15.1 Å². The van der Waals surface area contributed by atoms with E-state index in [-0.39, 0.29) is 44.8 Å². The van der Waals surface area contributed by atoms with Crippen molar-refractivity contribution in [2.75, 3.05) is 45.8 Å². The fourth-order valence-electron chi connectivity index (χ4n) is 4.54. The molecule has 0 aliphatic carbocycles. The molecule has 0 aliphatic rings. The maximum Gasteiger partial charge on any atom is 0.305 e. The van der Waals surface area contributed by atoms with Gasteiger partial charge in [0, 0.05) is 45.8 Å². The Morgan fingerprint density at radius 2 is 1.10 bits per heavy atom. The van der Waals surface area contributed by atoms with Gasteiger partial charge in [0.1, 0.15) is 0 Å². The van der Waals surface area contributed by atoms with Crippen LogP contribution in [0.15, 0.2) is 12.2 Å². The molecule has 0 aromatic carbocycles. The number of allylic oxidation sites excluding steroid dienone is 1. The van der Waals surface area contributed by atoms with Gasteiger partial charge in [-0.3, -0.25) is 24.1 Å². The number of carbonyl (C=O) groups excluding carboxylic acids is 1. The summed E-state index contributed by atoms with van der Waals surface area (Å²) in [5.74, 6) is -3.04. The van der Waals surface area contributed by atoms with Gasteiger partial charge in [-0.2, -0.15) is 0 Å². The van der Waals surface area contributed by atoms with E-state index in [0.29, 0.717) is 26.2 Å². The number of aliphatic carboxylic acids is 3. The molecule has 0 saturated carbocycles. The zero-order chi connectivity index (χ0) is 30.6. The number of carboxylic acids is 3. The Hall–Kier alpha value is -2.46. The van der Waals surface area contributed by atoms with Gasteiger partial charge in [0.15, 0.2) is 0 Å². The van der Waals surface area contributed by atoms with Crippen molar-refractivity contribution >= 4 is 23.8 Å². The van der Waals surface area contributed by atoms with Crippen molar-refractivity contribution in [3.8, 4) is 0 Å². The first-order chi connectivity index (χ1) is 19.8. The molecule has 0 aliphatic heterocycles. The standard InChI is InChI=1S/C31H57N3O7/c1-2-3-4-5-6-7-8-9-10-11-12-13-14-15-16-17-28(35)34(24-20-31(40)41)27-26-33(23-19-30(38)39)25-22-32-21-18-29(36)37/h16-17,32H,2-15,18-27H2,1H3,(H,36,37)(H,38,39)(H,40,41). The van der Waals surface area contributed by atoms with Gasteiger partial charge in [-0.15, -0.1) is 0 Å². The number of carbonyl (C=O) groups is 4. The molecule has 0 spiro atoms. The van der Waals surface area contributed by atoms with E-state index in [2.05, 4.69) is 12.2 Å². The average molecular weight is 584 g/mol. The third kappa shape index (κ3) is 27.5. The number of nitrogens with zero attached hydrogens (tertiary/aromatic N) is 2. The molecule has 0 heterocycles. The lowest BCUT2D eigenvalue weighted by Crippen LogP contribution is -2.42. The average Bonchev–Trinajstić information content (AvgIpc) is 2.92. The fourth-order valence-corrected chi connectivity index (χ4v) is 4.54. The first-order valence-corrected chi connectivity index (χ1v) is 15.8. The molecule has 41 heavy (non-hydrogen) atoms. The lowest BCUT2D eigenvalue weighted by atomic mass is 10.0. The molecule has 0 unspecified atom stereocenters. The molecule has 0 atom stereocenters. The second-order valence-corrected chi connectivity index (χ2v) is 10.8. The summed E-state index contributed by atoms with van der Waals surface area (Å²) >= 11 is 0. The van der Waals surface area contributed by atoms with Crippen LogP contribution in [0.25, 0.3) is 0 Å². The Balaban J connectivity index is 4.37. The second-order valence-electron chi connectivity index (χ2n) is 10.8. The molecule has 0 bridgehead atoms. The molecule has 10 nitrogen and oxygen atoms in total. The predicted octanol–water partition coefficient (Wildman–Crippen LogP) is 5.17. The Morgan fingerprint density at radius 1 is 0.585 bits per heavy atom. The lowest BCUT2D eigenvalue weighted by Gasteiger charge is -2.27. The summed E-state index contributed by atoms with van der Waals surface area (Å²) in [6.45, 7) is 4.58. The molecular weight excluding hydrogens is 526 g/mol. The highest BCUT2D eigenvalue weighted by molar-refractivity contribution is 5.87. The Labute approximate surface area is 247 Å². The highest BCUT2D eigenvalue weighted by Crippen LogP contribution is 2.13. The zero-order valence-corrected chi connectivity index (χ0v) is 25.5. The summed E-state index contributed by atoms with van der Waals surface area (Å²) in [6, 6.07) is 0. The molecule has 0 rings (SSSR count). The van der Waals surface area contributed by atoms with Crippen molar-refractivity contribution in [2.24, 2.45) is 0 Å². The van der Waals surface area contributed by atoms with Crippen LogP contribution in [0.1, 0.15) is 116 Å². The molecular formula is C31H57N3O7.